The minimum Gasteiger partial charge on any atom is -0.463 e. The SMILES string of the molecule is CCOC(=O)/C=C/CN1CCC2CCCCC21. The van der Waals surface area contributed by atoms with Crippen LogP contribution in [0.2, 0.25) is 0 Å². The van der Waals surface area contributed by atoms with E-state index in [4.69, 9.17) is 4.74 Å². The molecular weight excluding hydrogens is 214 g/mol. The molecule has 0 bridgehead atoms. The van der Waals surface area contributed by atoms with Crippen LogP contribution in [-0.4, -0.2) is 36.6 Å². The molecule has 1 saturated carbocycles. The number of fused-ring (bicyclic) bond motifs is 1. The Morgan fingerprint density at radius 3 is 3.00 bits per heavy atom. The molecule has 2 rings (SSSR count). The van der Waals surface area contributed by atoms with Gasteiger partial charge < -0.3 is 4.74 Å². The Balaban J connectivity index is 1.77. The molecule has 1 aliphatic carbocycles. The molecule has 1 saturated heterocycles. The lowest BCUT2D eigenvalue weighted by Crippen LogP contribution is -2.34. The summed E-state index contributed by atoms with van der Waals surface area (Å²) >= 11 is 0. The van der Waals surface area contributed by atoms with Gasteiger partial charge in [0.25, 0.3) is 0 Å². The van der Waals surface area contributed by atoms with Crippen LogP contribution >= 0.6 is 0 Å². The molecule has 2 unspecified atom stereocenters. The largest absolute Gasteiger partial charge is 0.463 e. The van der Waals surface area contributed by atoms with Gasteiger partial charge in [0, 0.05) is 18.7 Å². The number of nitrogens with zero attached hydrogens (tertiary/aromatic N) is 1. The van der Waals surface area contributed by atoms with Gasteiger partial charge in [0.05, 0.1) is 6.61 Å². The van der Waals surface area contributed by atoms with Crippen molar-refractivity contribution in [2.45, 2.75) is 45.1 Å². The molecule has 96 valence electrons. The molecule has 3 heteroatoms. The Hall–Kier alpha value is -0.830. The minimum atomic E-state index is -0.216. The van der Waals surface area contributed by atoms with E-state index in [2.05, 4.69) is 4.90 Å². The monoisotopic (exact) mass is 237 g/mol. The third-order valence-electron chi connectivity index (χ3n) is 4.01. The first kappa shape index (κ1) is 12.6. The van der Waals surface area contributed by atoms with Gasteiger partial charge in [0.2, 0.25) is 0 Å². The summed E-state index contributed by atoms with van der Waals surface area (Å²) in [4.78, 5) is 13.7. The quantitative estimate of drug-likeness (QED) is 0.555. The van der Waals surface area contributed by atoms with Crippen LogP contribution < -0.4 is 0 Å². The first-order valence-electron chi connectivity index (χ1n) is 6.88. The molecule has 2 fully saturated rings. The summed E-state index contributed by atoms with van der Waals surface area (Å²) in [5, 5.41) is 0. The highest BCUT2D eigenvalue weighted by Crippen LogP contribution is 2.35. The summed E-state index contributed by atoms with van der Waals surface area (Å²) in [5.74, 6) is 0.701. The summed E-state index contributed by atoms with van der Waals surface area (Å²) in [6, 6.07) is 0.774. The fourth-order valence-corrected chi connectivity index (χ4v) is 3.20. The number of rotatable bonds is 4. The lowest BCUT2D eigenvalue weighted by atomic mass is 9.85. The number of esters is 1. The van der Waals surface area contributed by atoms with Gasteiger partial charge in [-0.2, -0.15) is 0 Å². The van der Waals surface area contributed by atoms with Crippen molar-refractivity contribution in [3.63, 3.8) is 0 Å². The van der Waals surface area contributed by atoms with E-state index in [0.29, 0.717) is 6.61 Å². The second kappa shape index (κ2) is 6.20. The van der Waals surface area contributed by atoms with Gasteiger partial charge in [-0.05, 0) is 38.6 Å². The van der Waals surface area contributed by atoms with Gasteiger partial charge in [0.15, 0.2) is 0 Å². The summed E-state index contributed by atoms with van der Waals surface area (Å²) in [7, 11) is 0. The normalized spacial score (nSPS) is 29.5. The molecule has 0 aromatic rings. The molecule has 0 aromatic heterocycles. The average Bonchev–Trinajstić information content (AvgIpc) is 2.73. The van der Waals surface area contributed by atoms with E-state index in [9.17, 15) is 4.79 Å². The Kier molecular flexibility index (Phi) is 4.60. The van der Waals surface area contributed by atoms with Crippen molar-refractivity contribution in [3.8, 4) is 0 Å². The van der Waals surface area contributed by atoms with Gasteiger partial charge in [-0.15, -0.1) is 0 Å². The topological polar surface area (TPSA) is 29.5 Å². The molecule has 2 atom stereocenters. The zero-order valence-electron chi connectivity index (χ0n) is 10.7. The predicted octanol–water partition coefficient (Wildman–Crippen LogP) is 2.37. The molecule has 0 amide bonds. The molecule has 1 aliphatic heterocycles. The maximum absolute atomic E-state index is 11.2. The van der Waals surface area contributed by atoms with Crippen LogP contribution in [0.4, 0.5) is 0 Å². The molecule has 0 radical (unpaired) electrons. The molecule has 0 spiro atoms. The van der Waals surface area contributed by atoms with E-state index < -0.39 is 0 Å². The average molecular weight is 237 g/mol. The molecule has 3 nitrogen and oxygen atoms in total. The van der Waals surface area contributed by atoms with Crippen molar-refractivity contribution in [3.05, 3.63) is 12.2 Å². The van der Waals surface area contributed by atoms with Crippen LogP contribution in [-0.2, 0) is 9.53 Å². The molecular formula is C14H23NO2. The molecule has 0 N–H and O–H groups in total. The van der Waals surface area contributed by atoms with E-state index in [1.807, 2.05) is 13.0 Å². The summed E-state index contributed by atoms with van der Waals surface area (Å²) in [6.45, 7) is 4.39. The number of carbonyl (C=O) groups excluding carboxylic acids is 1. The second-order valence-corrected chi connectivity index (χ2v) is 5.05. The molecule has 0 aromatic carbocycles. The van der Waals surface area contributed by atoms with E-state index in [1.165, 1.54) is 38.6 Å². The molecule has 2 aliphatic rings. The van der Waals surface area contributed by atoms with Crippen molar-refractivity contribution in [2.24, 2.45) is 5.92 Å². The third kappa shape index (κ3) is 3.32. The van der Waals surface area contributed by atoms with Crippen LogP contribution in [0.15, 0.2) is 12.2 Å². The summed E-state index contributed by atoms with van der Waals surface area (Å²) in [5.41, 5.74) is 0. The van der Waals surface area contributed by atoms with Crippen LogP contribution in [0.1, 0.15) is 39.0 Å². The number of hydrogen-bond acceptors (Lipinski definition) is 3. The maximum Gasteiger partial charge on any atom is 0.330 e. The number of likely N-dealkylation sites (tertiary alicyclic amines) is 1. The van der Waals surface area contributed by atoms with Crippen LogP contribution in [0.3, 0.4) is 0 Å². The predicted molar refractivity (Wildman–Crippen MR) is 67.7 cm³/mol. The third-order valence-corrected chi connectivity index (χ3v) is 4.01. The Morgan fingerprint density at radius 1 is 1.35 bits per heavy atom. The number of ether oxygens (including phenoxy) is 1. The highest BCUT2D eigenvalue weighted by molar-refractivity contribution is 5.81. The lowest BCUT2D eigenvalue weighted by molar-refractivity contribution is -0.137. The Labute approximate surface area is 104 Å². The minimum absolute atomic E-state index is 0.216. The number of carbonyl (C=O) groups is 1. The van der Waals surface area contributed by atoms with E-state index in [1.54, 1.807) is 6.08 Å². The fourth-order valence-electron chi connectivity index (χ4n) is 3.20. The van der Waals surface area contributed by atoms with Gasteiger partial charge in [-0.1, -0.05) is 18.9 Å². The van der Waals surface area contributed by atoms with Crippen LogP contribution in [0.25, 0.3) is 0 Å². The van der Waals surface area contributed by atoms with E-state index in [-0.39, 0.29) is 5.97 Å². The smallest absolute Gasteiger partial charge is 0.330 e. The summed E-state index contributed by atoms with van der Waals surface area (Å²) in [6.07, 6.45) is 10.4. The van der Waals surface area contributed by atoms with Crippen molar-refractivity contribution in [1.82, 2.24) is 4.90 Å². The van der Waals surface area contributed by atoms with Crippen molar-refractivity contribution in [1.29, 1.82) is 0 Å². The van der Waals surface area contributed by atoms with Gasteiger partial charge in [0.1, 0.15) is 0 Å². The Bertz CT molecular complexity index is 288. The fraction of sp³-hybridized carbons (Fsp3) is 0.786. The first-order valence-corrected chi connectivity index (χ1v) is 6.88. The van der Waals surface area contributed by atoms with Crippen LogP contribution in [0.5, 0.6) is 0 Å². The van der Waals surface area contributed by atoms with Gasteiger partial charge >= 0.3 is 5.97 Å². The van der Waals surface area contributed by atoms with Crippen molar-refractivity contribution >= 4 is 5.97 Å². The first-order chi connectivity index (χ1) is 8.31. The molecule has 1 heterocycles. The second-order valence-electron chi connectivity index (χ2n) is 5.05. The number of hydrogen-bond donors (Lipinski definition) is 0. The highest BCUT2D eigenvalue weighted by Gasteiger charge is 2.34. The van der Waals surface area contributed by atoms with Gasteiger partial charge in [-0.25, -0.2) is 4.79 Å². The lowest BCUT2D eigenvalue weighted by Gasteiger charge is -2.30. The summed E-state index contributed by atoms with van der Waals surface area (Å²) < 4.78 is 4.87. The van der Waals surface area contributed by atoms with Crippen molar-refractivity contribution < 1.29 is 9.53 Å². The highest BCUT2D eigenvalue weighted by atomic mass is 16.5. The Morgan fingerprint density at radius 2 is 2.18 bits per heavy atom. The standard InChI is InChI=1S/C14H23NO2/c1-2-17-14(16)8-5-10-15-11-9-12-6-3-4-7-13(12)15/h5,8,12-13H,2-4,6-7,9-11H2,1H3/b8-5+. The zero-order valence-corrected chi connectivity index (χ0v) is 10.7. The zero-order chi connectivity index (χ0) is 12.1. The van der Waals surface area contributed by atoms with E-state index >= 15 is 0 Å². The van der Waals surface area contributed by atoms with E-state index in [0.717, 1.165) is 18.5 Å². The maximum atomic E-state index is 11.2. The van der Waals surface area contributed by atoms with Gasteiger partial charge in [-0.3, -0.25) is 4.90 Å². The van der Waals surface area contributed by atoms with Crippen molar-refractivity contribution in [2.75, 3.05) is 19.7 Å². The van der Waals surface area contributed by atoms with Crippen LogP contribution in [0, 0.1) is 5.92 Å². The molecule has 17 heavy (non-hydrogen) atoms.